The van der Waals surface area contributed by atoms with Crippen LogP contribution in [0.15, 0.2) is 18.2 Å². The Hall–Kier alpha value is -1.62. The van der Waals surface area contributed by atoms with E-state index in [-0.39, 0.29) is 11.4 Å². The molecular weight excluding hydrogens is 243 g/mol. The van der Waals surface area contributed by atoms with Gasteiger partial charge in [-0.3, -0.25) is 10.3 Å². The van der Waals surface area contributed by atoms with E-state index >= 15 is 0 Å². The number of anilines is 1. The summed E-state index contributed by atoms with van der Waals surface area (Å²) in [6.07, 6.45) is 0. The lowest BCUT2D eigenvalue weighted by Crippen LogP contribution is -2.55. The Bertz CT molecular complexity index is 476. The number of rotatable bonds is 2. The molecule has 0 bridgehead atoms. The minimum absolute atomic E-state index is 0.214. The highest BCUT2D eigenvalue weighted by atomic mass is 19.1. The smallest absolute Gasteiger partial charge is 0.136 e. The normalized spacial score (nSPS) is 24.5. The number of halogens is 1. The Kier molecular flexibility index (Phi) is 3.75. The van der Waals surface area contributed by atoms with E-state index < -0.39 is 5.82 Å². The largest absolute Gasteiger partial charge is 0.384 e. The lowest BCUT2D eigenvalue weighted by molar-refractivity contribution is 0.170. The predicted octanol–water partition coefficient (Wildman–Crippen LogP) is 1.64. The van der Waals surface area contributed by atoms with Gasteiger partial charge in [0.2, 0.25) is 0 Å². The van der Waals surface area contributed by atoms with Crippen molar-refractivity contribution in [3.63, 3.8) is 0 Å². The SMILES string of the molecule is CC1CN(c2cccc(F)c2C(=N)N)CC(C)N1C. The van der Waals surface area contributed by atoms with Crippen LogP contribution in [-0.2, 0) is 0 Å². The number of piperazine rings is 1. The molecule has 1 heterocycles. The summed E-state index contributed by atoms with van der Waals surface area (Å²) in [6.45, 7) is 5.92. The molecule has 1 saturated heterocycles. The van der Waals surface area contributed by atoms with E-state index in [1.165, 1.54) is 6.07 Å². The van der Waals surface area contributed by atoms with E-state index in [2.05, 4.69) is 30.7 Å². The number of amidine groups is 1. The van der Waals surface area contributed by atoms with E-state index in [0.29, 0.717) is 12.1 Å². The van der Waals surface area contributed by atoms with Crippen LogP contribution in [-0.4, -0.2) is 43.0 Å². The molecule has 1 fully saturated rings. The van der Waals surface area contributed by atoms with Crippen LogP contribution in [0.1, 0.15) is 19.4 Å². The molecule has 0 spiro atoms. The van der Waals surface area contributed by atoms with E-state index in [0.717, 1.165) is 18.8 Å². The molecule has 4 nitrogen and oxygen atoms in total. The minimum atomic E-state index is -0.427. The van der Waals surface area contributed by atoms with Gasteiger partial charge in [0, 0.05) is 25.2 Å². The fraction of sp³-hybridized carbons (Fsp3) is 0.500. The number of nitrogen functional groups attached to an aromatic ring is 1. The maximum atomic E-state index is 13.9. The molecular formula is C14H21FN4. The monoisotopic (exact) mass is 264 g/mol. The van der Waals surface area contributed by atoms with Gasteiger partial charge in [0.1, 0.15) is 11.7 Å². The van der Waals surface area contributed by atoms with Crippen LogP contribution in [0.5, 0.6) is 0 Å². The van der Waals surface area contributed by atoms with Crippen LogP contribution in [0, 0.1) is 11.2 Å². The summed E-state index contributed by atoms with van der Waals surface area (Å²) in [6, 6.07) is 5.62. The van der Waals surface area contributed by atoms with Gasteiger partial charge >= 0.3 is 0 Å². The van der Waals surface area contributed by atoms with Crippen molar-refractivity contribution < 1.29 is 4.39 Å². The zero-order valence-corrected chi connectivity index (χ0v) is 11.7. The van der Waals surface area contributed by atoms with Gasteiger partial charge in [-0.25, -0.2) is 4.39 Å². The third kappa shape index (κ3) is 2.56. The Morgan fingerprint density at radius 2 is 1.89 bits per heavy atom. The second-order valence-electron chi connectivity index (χ2n) is 5.32. The third-order valence-corrected chi connectivity index (χ3v) is 3.96. The molecule has 2 atom stereocenters. The highest BCUT2D eigenvalue weighted by molar-refractivity contribution is 6.00. The predicted molar refractivity (Wildman–Crippen MR) is 76.3 cm³/mol. The molecule has 0 amide bonds. The Morgan fingerprint density at radius 3 is 2.42 bits per heavy atom. The fourth-order valence-corrected chi connectivity index (χ4v) is 2.64. The number of nitrogens with one attached hydrogen (secondary N) is 1. The molecule has 1 aromatic carbocycles. The van der Waals surface area contributed by atoms with E-state index in [9.17, 15) is 4.39 Å². The van der Waals surface area contributed by atoms with Crippen molar-refractivity contribution in [2.24, 2.45) is 5.73 Å². The molecule has 1 aliphatic heterocycles. The molecule has 5 heteroatoms. The first-order valence-corrected chi connectivity index (χ1v) is 6.51. The number of hydrogen-bond donors (Lipinski definition) is 2. The van der Waals surface area contributed by atoms with Gasteiger partial charge in [-0.15, -0.1) is 0 Å². The van der Waals surface area contributed by atoms with Crippen molar-refractivity contribution in [3.8, 4) is 0 Å². The highest BCUT2D eigenvalue weighted by Crippen LogP contribution is 2.26. The lowest BCUT2D eigenvalue weighted by Gasteiger charge is -2.44. The summed E-state index contributed by atoms with van der Waals surface area (Å²) in [5.74, 6) is -0.642. The highest BCUT2D eigenvalue weighted by Gasteiger charge is 2.28. The first kappa shape index (κ1) is 13.8. The quantitative estimate of drug-likeness (QED) is 0.630. The van der Waals surface area contributed by atoms with E-state index in [4.69, 9.17) is 11.1 Å². The molecule has 19 heavy (non-hydrogen) atoms. The molecule has 1 aliphatic rings. The van der Waals surface area contributed by atoms with Crippen LogP contribution in [0.3, 0.4) is 0 Å². The van der Waals surface area contributed by atoms with Gasteiger partial charge in [-0.2, -0.15) is 0 Å². The first-order chi connectivity index (χ1) is 8.91. The van der Waals surface area contributed by atoms with Crippen molar-refractivity contribution in [3.05, 3.63) is 29.6 Å². The van der Waals surface area contributed by atoms with Gasteiger partial charge in [0.05, 0.1) is 11.3 Å². The number of likely N-dealkylation sites (N-methyl/N-ethyl adjacent to an activating group) is 1. The van der Waals surface area contributed by atoms with Crippen LogP contribution in [0.25, 0.3) is 0 Å². The summed E-state index contributed by atoms with van der Waals surface area (Å²) in [5, 5.41) is 7.58. The van der Waals surface area contributed by atoms with Crippen molar-refractivity contribution in [2.45, 2.75) is 25.9 Å². The molecule has 2 rings (SSSR count). The summed E-state index contributed by atoms with van der Waals surface area (Å²) in [7, 11) is 2.10. The maximum absolute atomic E-state index is 13.9. The summed E-state index contributed by atoms with van der Waals surface area (Å²) >= 11 is 0. The average Bonchev–Trinajstić information content (AvgIpc) is 2.34. The molecule has 0 aromatic heterocycles. The topological polar surface area (TPSA) is 56.4 Å². The van der Waals surface area contributed by atoms with Gasteiger partial charge in [0.15, 0.2) is 0 Å². The Balaban J connectivity index is 2.37. The molecule has 2 unspecified atom stereocenters. The van der Waals surface area contributed by atoms with E-state index in [1.54, 1.807) is 6.07 Å². The summed E-state index contributed by atoms with van der Waals surface area (Å²) in [5.41, 5.74) is 6.46. The first-order valence-electron chi connectivity index (χ1n) is 6.51. The van der Waals surface area contributed by atoms with Gasteiger partial charge < -0.3 is 10.6 Å². The zero-order valence-electron chi connectivity index (χ0n) is 11.7. The number of nitrogens with two attached hydrogens (primary N) is 1. The standard InChI is InChI=1S/C14H21FN4/c1-9-7-19(8-10(2)18(9)3)12-6-4-5-11(15)13(12)14(16)17/h4-6,9-10H,7-8H2,1-3H3,(H3,16,17). The van der Waals surface area contributed by atoms with Crippen molar-refractivity contribution >= 4 is 11.5 Å². The average molecular weight is 264 g/mol. The molecule has 3 N–H and O–H groups in total. The molecule has 104 valence electrons. The van der Waals surface area contributed by atoms with Crippen LogP contribution >= 0.6 is 0 Å². The van der Waals surface area contributed by atoms with Crippen molar-refractivity contribution in [1.82, 2.24) is 4.90 Å². The second-order valence-corrected chi connectivity index (χ2v) is 5.32. The Morgan fingerprint density at radius 1 is 1.32 bits per heavy atom. The maximum Gasteiger partial charge on any atom is 0.136 e. The second kappa shape index (κ2) is 5.17. The Labute approximate surface area is 113 Å². The summed E-state index contributed by atoms with van der Waals surface area (Å²) < 4.78 is 13.9. The molecule has 1 aromatic rings. The fourth-order valence-electron chi connectivity index (χ4n) is 2.64. The number of nitrogens with zero attached hydrogens (tertiary/aromatic N) is 2. The van der Waals surface area contributed by atoms with Gasteiger partial charge in [-0.05, 0) is 33.0 Å². The van der Waals surface area contributed by atoms with Gasteiger partial charge in [0.25, 0.3) is 0 Å². The molecule has 0 aliphatic carbocycles. The van der Waals surface area contributed by atoms with Crippen LogP contribution < -0.4 is 10.6 Å². The zero-order chi connectivity index (χ0) is 14.2. The third-order valence-electron chi connectivity index (χ3n) is 3.96. The van der Waals surface area contributed by atoms with Crippen molar-refractivity contribution in [1.29, 1.82) is 5.41 Å². The van der Waals surface area contributed by atoms with E-state index in [1.807, 2.05) is 6.07 Å². The molecule has 0 saturated carbocycles. The van der Waals surface area contributed by atoms with Crippen molar-refractivity contribution in [2.75, 3.05) is 25.0 Å². The van der Waals surface area contributed by atoms with Crippen LogP contribution in [0.4, 0.5) is 10.1 Å². The minimum Gasteiger partial charge on any atom is -0.384 e. The number of benzene rings is 1. The number of hydrogen-bond acceptors (Lipinski definition) is 3. The summed E-state index contributed by atoms with van der Waals surface area (Å²) in [4.78, 5) is 4.43. The van der Waals surface area contributed by atoms with Gasteiger partial charge in [-0.1, -0.05) is 6.07 Å². The van der Waals surface area contributed by atoms with Crippen LogP contribution in [0.2, 0.25) is 0 Å². The molecule has 0 radical (unpaired) electrons. The lowest BCUT2D eigenvalue weighted by atomic mass is 10.0.